The summed E-state index contributed by atoms with van der Waals surface area (Å²) in [5, 5.41) is 13.5. The Balaban J connectivity index is 1.94. The van der Waals surface area contributed by atoms with E-state index in [1.807, 2.05) is 24.3 Å². The summed E-state index contributed by atoms with van der Waals surface area (Å²) in [5.41, 5.74) is 1.47. The van der Waals surface area contributed by atoms with Crippen LogP contribution < -0.4 is 0 Å². The maximum atomic E-state index is 5.79. The molecule has 0 bridgehead atoms. The molecule has 0 aliphatic heterocycles. The number of rotatable bonds is 2. The summed E-state index contributed by atoms with van der Waals surface area (Å²) in [6, 6.07) is 14.6. The number of hydrogen-bond acceptors (Lipinski definition) is 4. The topological polar surface area (TPSA) is 50.8 Å². The van der Waals surface area contributed by atoms with Crippen LogP contribution in [0.4, 0.5) is 11.6 Å². The van der Waals surface area contributed by atoms with E-state index in [-0.39, 0.29) is 0 Å². The number of nitrogens with zero attached hydrogens (tertiary/aromatic N) is 3. The lowest BCUT2D eigenvalue weighted by Crippen LogP contribution is -1.65. The van der Waals surface area contributed by atoms with Gasteiger partial charge in [-0.1, -0.05) is 28.9 Å². The molecule has 3 aromatic rings. The fourth-order valence-corrected chi connectivity index (χ4v) is 1.68. The van der Waals surface area contributed by atoms with Crippen molar-refractivity contribution in [1.82, 2.24) is 5.16 Å². The average Bonchev–Trinajstić information content (AvgIpc) is 2.82. The van der Waals surface area contributed by atoms with E-state index in [9.17, 15) is 0 Å². The molecule has 0 atom stereocenters. The van der Waals surface area contributed by atoms with Gasteiger partial charge in [0.1, 0.15) is 5.52 Å². The van der Waals surface area contributed by atoms with Gasteiger partial charge in [0.15, 0.2) is 0 Å². The van der Waals surface area contributed by atoms with Crippen molar-refractivity contribution >= 4 is 34.1 Å². The third kappa shape index (κ3) is 2.10. The first-order valence-corrected chi connectivity index (χ1v) is 5.72. The van der Waals surface area contributed by atoms with Crippen LogP contribution in [0, 0.1) is 0 Å². The largest absolute Gasteiger partial charge is 0.334 e. The molecule has 0 spiro atoms. The molecule has 0 radical (unpaired) electrons. The summed E-state index contributed by atoms with van der Waals surface area (Å²) in [6.07, 6.45) is 0. The molecule has 0 amide bonds. The zero-order valence-electron chi connectivity index (χ0n) is 9.25. The molecular weight excluding hydrogens is 250 g/mol. The maximum Gasteiger partial charge on any atom is 0.277 e. The summed E-state index contributed by atoms with van der Waals surface area (Å²) in [4.78, 5) is 0. The third-order valence-corrected chi connectivity index (χ3v) is 2.70. The minimum atomic E-state index is 0.403. The predicted molar refractivity (Wildman–Crippen MR) is 69.6 cm³/mol. The van der Waals surface area contributed by atoms with Gasteiger partial charge in [0.25, 0.3) is 5.88 Å². The smallest absolute Gasteiger partial charge is 0.277 e. The van der Waals surface area contributed by atoms with Crippen LogP contribution in [0.2, 0.25) is 5.02 Å². The van der Waals surface area contributed by atoms with E-state index < -0.39 is 0 Å². The molecule has 1 heterocycles. The number of fused-ring (bicyclic) bond motifs is 1. The Morgan fingerprint density at radius 1 is 0.944 bits per heavy atom. The fraction of sp³-hybridized carbons (Fsp3) is 0. The minimum absolute atomic E-state index is 0.403. The van der Waals surface area contributed by atoms with Gasteiger partial charge in [-0.2, -0.15) is 0 Å². The van der Waals surface area contributed by atoms with Crippen LogP contribution >= 0.6 is 11.6 Å². The standard InChI is InChI=1S/C13H8ClN3O/c14-9-5-7-10(8-6-9)15-16-13-11-3-1-2-4-12(11)17-18-13/h1-8H. The first-order valence-electron chi connectivity index (χ1n) is 5.35. The average molecular weight is 258 g/mol. The molecule has 5 heteroatoms. The quantitative estimate of drug-likeness (QED) is 0.613. The van der Waals surface area contributed by atoms with E-state index >= 15 is 0 Å². The molecule has 0 saturated heterocycles. The van der Waals surface area contributed by atoms with E-state index in [2.05, 4.69) is 15.4 Å². The van der Waals surface area contributed by atoms with Crippen LogP contribution in [-0.2, 0) is 0 Å². The summed E-state index contributed by atoms with van der Waals surface area (Å²) in [5.74, 6) is 0.403. The zero-order valence-corrected chi connectivity index (χ0v) is 10.0. The molecule has 0 aliphatic rings. The van der Waals surface area contributed by atoms with Gasteiger partial charge < -0.3 is 4.52 Å². The SMILES string of the molecule is Clc1ccc(N=Nc2onc3ccccc23)cc1. The normalized spacial score (nSPS) is 11.4. The molecular formula is C13H8ClN3O. The van der Waals surface area contributed by atoms with Crippen LogP contribution in [0.1, 0.15) is 0 Å². The highest BCUT2D eigenvalue weighted by atomic mass is 35.5. The van der Waals surface area contributed by atoms with Crippen molar-refractivity contribution in [2.45, 2.75) is 0 Å². The minimum Gasteiger partial charge on any atom is -0.334 e. The zero-order chi connectivity index (χ0) is 12.4. The first kappa shape index (κ1) is 10.9. The molecule has 0 unspecified atom stereocenters. The number of aromatic nitrogens is 1. The Morgan fingerprint density at radius 2 is 1.72 bits per heavy atom. The van der Waals surface area contributed by atoms with Gasteiger partial charge in [-0.3, -0.25) is 0 Å². The van der Waals surface area contributed by atoms with Crippen molar-refractivity contribution in [3.63, 3.8) is 0 Å². The fourth-order valence-electron chi connectivity index (χ4n) is 1.56. The third-order valence-electron chi connectivity index (χ3n) is 2.45. The molecule has 0 saturated carbocycles. The highest BCUT2D eigenvalue weighted by molar-refractivity contribution is 6.30. The lowest BCUT2D eigenvalue weighted by molar-refractivity contribution is 0.436. The second-order valence-corrected chi connectivity index (χ2v) is 4.12. The highest BCUT2D eigenvalue weighted by Crippen LogP contribution is 2.27. The molecule has 1 aromatic heterocycles. The Labute approximate surface area is 108 Å². The van der Waals surface area contributed by atoms with Crippen LogP contribution in [0.5, 0.6) is 0 Å². The van der Waals surface area contributed by atoms with Gasteiger partial charge in [-0.15, -0.1) is 10.2 Å². The van der Waals surface area contributed by atoms with E-state index in [1.165, 1.54) is 0 Å². The van der Waals surface area contributed by atoms with Gasteiger partial charge in [-0.05, 0) is 36.4 Å². The number of azo groups is 1. The van der Waals surface area contributed by atoms with Crippen molar-refractivity contribution in [3.8, 4) is 0 Å². The molecule has 3 rings (SSSR count). The van der Waals surface area contributed by atoms with Crippen molar-refractivity contribution in [1.29, 1.82) is 0 Å². The lowest BCUT2D eigenvalue weighted by Gasteiger charge is -1.91. The van der Waals surface area contributed by atoms with Gasteiger partial charge in [0.2, 0.25) is 0 Å². The monoisotopic (exact) mass is 257 g/mol. The van der Waals surface area contributed by atoms with Crippen LogP contribution in [0.3, 0.4) is 0 Å². The van der Waals surface area contributed by atoms with Crippen molar-refractivity contribution in [2.24, 2.45) is 10.2 Å². The first-order chi connectivity index (χ1) is 8.83. The molecule has 0 aliphatic carbocycles. The second-order valence-electron chi connectivity index (χ2n) is 3.68. The summed E-state index contributed by atoms with van der Waals surface area (Å²) in [6.45, 7) is 0. The van der Waals surface area contributed by atoms with E-state index in [4.69, 9.17) is 16.1 Å². The maximum absolute atomic E-state index is 5.79. The van der Waals surface area contributed by atoms with Crippen molar-refractivity contribution < 1.29 is 4.52 Å². The molecule has 2 aromatic carbocycles. The molecule has 0 fully saturated rings. The van der Waals surface area contributed by atoms with Crippen molar-refractivity contribution in [2.75, 3.05) is 0 Å². The molecule has 0 N–H and O–H groups in total. The van der Waals surface area contributed by atoms with Gasteiger partial charge in [0.05, 0.1) is 11.1 Å². The number of hydrogen-bond donors (Lipinski definition) is 0. The van der Waals surface area contributed by atoms with Gasteiger partial charge >= 0.3 is 0 Å². The van der Waals surface area contributed by atoms with E-state index in [1.54, 1.807) is 24.3 Å². The van der Waals surface area contributed by atoms with Crippen molar-refractivity contribution in [3.05, 3.63) is 53.6 Å². The Morgan fingerprint density at radius 3 is 2.56 bits per heavy atom. The lowest BCUT2D eigenvalue weighted by atomic mass is 10.2. The Bertz CT molecular complexity index is 704. The van der Waals surface area contributed by atoms with Gasteiger partial charge in [-0.25, -0.2) is 0 Å². The summed E-state index contributed by atoms with van der Waals surface area (Å²) < 4.78 is 5.12. The van der Waals surface area contributed by atoms with Crippen LogP contribution in [0.15, 0.2) is 63.3 Å². The van der Waals surface area contributed by atoms with Crippen LogP contribution in [-0.4, -0.2) is 5.16 Å². The summed E-state index contributed by atoms with van der Waals surface area (Å²) in [7, 11) is 0. The van der Waals surface area contributed by atoms with E-state index in [0.29, 0.717) is 16.6 Å². The highest BCUT2D eigenvalue weighted by Gasteiger charge is 2.05. The Hall–Kier alpha value is -2.20. The predicted octanol–water partition coefficient (Wildman–Crippen LogP) is 4.90. The second kappa shape index (κ2) is 4.58. The Kier molecular flexibility index (Phi) is 2.78. The molecule has 4 nitrogen and oxygen atoms in total. The molecule has 88 valence electrons. The van der Waals surface area contributed by atoms with Crippen LogP contribution in [0.25, 0.3) is 10.9 Å². The summed E-state index contributed by atoms with van der Waals surface area (Å²) >= 11 is 5.79. The number of halogens is 1. The van der Waals surface area contributed by atoms with E-state index in [0.717, 1.165) is 10.9 Å². The molecule has 18 heavy (non-hydrogen) atoms. The number of benzene rings is 2. The van der Waals surface area contributed by atoms with Gasteiger partial charge in [0, 0.05) is 5.02 Å².